The molecule has 50 valence electrons. The molecule has 1 N–H and O–H groups in total. The molecule has 0 aliphatic carbocycles. The van der Waals surface area contributed by atoms with E-state index in [0.717, 1.165) is 6.42 Å². The molecule has 0 amide bonds. The second kappa shape index (κ2) is 3.05. The lowest BCUT2D eigenvalue weighted by Crippen LogP contribution is -2.28. The predicted molar refractivity (Wildman–Crippen MR) is 32.8 cm³/mol. The van der Waals surface area contributed by atoms with Gasteiger partial charge in [-0.3, -0.25) is 0 Å². The minimum Gasteiger partial charge on any atom is -0.388 e. The van der Waals surface area contributed by atoms with E-state index in [1.165, 1.54) is 0 Å². The molecule has 0 saturated carbocycles. The van der Waals surface area contributed by atoms with Gasteiger partial charge in [0.1, 0.15) is 0 Å². The van der Waals surface area contributed by atoms with Crippen molar-refractivity contribution in [2.24, 2.45) is 0 Å². The fourth-order valence-electron chi connectivity index (χ4n) is 0.413. The lowest BCUT2D eigenvalue weighted by Gasteiger charge is -2.18. The zero-order chi connectivity index (χ0) is 6.62. The largest absolute Gasteiger partial charge is 0.388 e. The molecule has 8 heavy (non-hydrogen) atoms. The Hall–Kier alpha value is -0.0800. The van der Waals surface area contributed by atoms with Gasteiger partial charge in [0.05, 0.1) is 12.2 Å². The quantitative estimate of drug-likeness (QED) is 0.593. The molecule has 1 atom stereocenters. The number of aliphatic hydroxyl groups is 1. The van der Waals surface area contributed by atoms with Crippen molar-refractivity contribution in [2.75, 3.05) is 13.7 Å². The first kappa shape index (κ1) is 7.92. The van der Waals surface area contributed by atoms with Gasteiger partial charge in [0, 0.05) is 7.11 Å². The molecule has 0 spiro atoms. The Kier molecular flexibility index (Phi) is 3.02. The van der Waals surface area contributed by atoms with Gasteiger partial charge in [-0.15, -0.1) is 0 Å². The molecular weight excluding hydrogens is 104 g/mol. The molecular formula is C6H14O2. The third kappa shape index (κ3) is 2.99. The molecule has 0 aliphatic rings. The third-order valence-electron chi connectivity index (χ3n) is 1.22. The molecule has 0 aromatic rings. The number of hydrogen-bond acceptors (Lipinski definition) is 2. The van der Waals surface area contributed by atoms with Gasteiger partial charge in [0.2, 0.25) is 0 Å². The van der Waals surface area contributed by atoms with Crippen LogP contribution in [0.2, 0.25) is 0 Å². The molecule has 0 aromatic carbocycles. The fourth-order valence-corrected chi connectivity index (χ4v) is 0.413. The number of hydrogen-bond donors (Lipinski definition) is 1. The lowest BCUT2D eigenvalue weighted by atomic mass is 10.1. The maximum atomic E-state index is 9.20. The Morgan fingerprint density at radius 3 is 2.25 bits per heavy atom. The second-order valence-electron chi connectivity index (χ2n) is 2.28. The van der Waals surface area contributed by atoms with E-state index in [1.54, 1.807) is 14.0 Å². The summed E-state index contributed by atoms with van der Waals surface area (Å²) in [5.41, 5.74) is -0.630. The standard InChI is InChI=1S/C6H14O2/c1-4-6(2,7)5-8-3/h7H,4-5H2,1-3H3. The normalized spacial score (nSPS) is 18.0. The Bertz CT molecular complexity index is 59.5. The monoisotopic (exact) mass is 118 g/mol. The first-order chi connectivity index (χ1) is 3.62. The van der Waals surface area contributed by atoms with Crippen molar-refractivity contribution in [1.29, 1.82) is 0 Å². The van der Waals surface area contributed by atoms with Gasteiger partial charge in [-0.2, -0.15) is 0 Å². The summed E-state index contributed by atoms with van der Waals surface area (Å²) < 4.78 is 4.75. The Morgan fingerprint density at radius 1 is 1.62 bits per heavy atom. The summed E-state index contributed by atoms with van der Waals surface area (Å²) in [7, 11) is 1.59. The summed E-state index contributed by atoms with van der Waals surface area (Å²) in [5.74, 6) is 0. The summed E-state index contributed by atoms with van der Waals surface area (Å²) in [6, 6.07) is 0. The van der Waals surface area contributed by atoms with Crippen LogP contribution < -0.4 is 0 Å². The highest BCUT2D eigenvalue weighted by Gasteiger charge is 2.15. The smallest absolute Gasteiger partial charge is 0.0849 e. The number of methoxy groups -OCH3 is 1. The van der Waals surface area contributed by atoms with Crippen LogP contribution in [0.3, 0.4) is 0 Å². The van der Waals surface area contributed by atoms with Crippen LogP contribution in [-0.4, -0.2) is 24.4 Å². The zero-order valence-electron chi connectivity index (χ0n) is 5.77. The molecule has 0 aliphatic heterocycles. The van der Waals surface area contributed by atoms with Gasteiger partial charge >= 0.3 is 0 Å². The highest BCUT2D eigenvalue weighted by atomic mass is 16.5. The summed E-state index contributed by atoms with van der Waals surface area (Å²) in [5, 5.41) is 9.20. The summed E-state index contributed by atoms with van der Waals surface area (Å²) in [6.07, 6.45) is 0.737. The van der Waals surface area contributed by atoms with E-state index in [-0.39, 0.29) is 0 Å². The zero-order valence-corrected chi connectivity index (χ0v) is 5.77. The average molecular weight is 118 g/mol. The van der Waals surface area contributed by atoms with Gasteiger partial charge in [-0.25, -0.2) is 0 Å². The van der Waals surface area contributed by atoms with Crippen LogP contribution in [0.15, 0.2) is 0 Å². The highest BCUT2D eigenvalue weighted by Crippen LogP contribution is 2.06. The van der Waals surface area contributed by atoms with E-state index in [2.05, 4.69) is 0 Å². The molecule has 0 saturated heterocycles. The van der Waals surface area contributed by atoms with E-state index in [1.807, 2.05) is 6.92 Å². The molecule has 0 radical (unpaired) electrons. The van der Waals surface area contributed by atoms with Crippen molar-refractivity contribution < 1.29 is 9.84 Å². The van der Waals surface area contributed by atoms with Crippen LogP contribution in [0.25, 0.3) is 0 Å². The van der Waals surface area contributed by atoms with E-state index >= 15 is 0 Å². The first-order valence-electron chi connectivity index (χ1n) is 2.83. The van der Waals surface area contributed by atoms with Gasteiger partial charge in [0.25, 0.3) is 0 Å². The number of rotatable bonds is 3. The van der Waals surface area contributed by atoms with Crippen LogP contribution >= 0.6 is 0 Å². The van der Waals surface area contributed by atoms with E-state index in [9.17, 15) is 5.11 Å². The van der Waals surface area contributed by atoms with Crippen molar-refractivity contribution in [3.8, 4) is 0 Å². The summed E-state index contributed by atoms with van der Waals surface area (Å²) >= 11 is 0. The third-order valence-corrected chi connectivity index (χ3v) is 1.22. The van der Waals surface area contributed by atoms with Crippen LogP contribution in [0.5, 0.6) is 0 Å². The molecule has 0 aromatic heterocycles. The second-order valence-corrected chi connectivity index (χ2v) is 2.28. The van der Waals surface area contributed by atoms with Crippen molar-refractivity contribution in [1.82, 2.24) is 0 Å². The molecule has 1 unspecified atom stereocenters. The van der Waals surface area contributed by atoms with Gasteiger partial charge in [-0.1, -0.05) is 6.92 Å². The van der Waals surface area contributed by atoms with Crippen molar-refractivity contribution in [2.45, 2.75) is 25.9 Å². The van der Waals surface area contributed by atoms with Gasteiger partial charge in [0.15, 0.2) is 0 Å². The molecule has 2 heteroatoms. The maximum Gasteiger partial charge on any atom is 0.0849 e. The molecule has 0 heterocycles. The molecule has 0 fully saturated rings. The Balaban J connectivity index is 3.37. The van der Waals surface area contributed by atoms with Crippen LogP contribution in [0.1, 0.15) is 20.3 Å². The van der Waals surface area contributed by atoms with Crippen molar-refractivity contribution in [3.05, 3.63) is 0 Å². The summed E-state index contributed by atoms with van der Waals surface area (Å²) in [4.78, 5) is 0. The topological polar surface area (TPSA) is 29.5 Å². The van der Waals surface area contributed by atoms with Crippen molar-refractivity contribution in [3.63, 3.8) is 0 Å². The molecule has 0 bridgehead atoms. The minimum atomic E-state index is -0.630. The maximum absolute atomic E-state index is 9.20. The first-order valence-corrected chi connectivity index (χ1v) is 2.83. The number of ether oxygens (including phenoxy) is 1. The van der Waals surface area contributed by atoms with Crippen LogP contribution in [0.4, 0.5) is 0 Å². The van der Waals surface area contributed by atoms with Crippen molar-refractivity contribution >= 4 is 0 Å². The SMILES string of the molecule is CCC(C)(O)COC. The Labute approximate surface area is 50.5 Å². The van der Waals surface area contributed by atoms with Gasteiger partial charge < -0.3 is 9.84 Å². The van der Waals surface area contributed by atoms with Crippen LogP contribution in [-0.2, 0) is 4.74 Å². The minimum absolute atomic E-state index is 0.420. The predicted octanol–water partition coefficient (Wildman–Crippen LogP) is 0.794. The molecule has 2 nitrogen and oxygen atoms in total. The molecule has 0 rings (SSSR count). The lowest BCUT2D eigenvalue weighted by molar-refractivity contribution is -0.0191. The van der Waals surface area contributed by atoms with E-state index < -0.39 is 5.60 Å². The fraction of sp³-hybridized carbons (Fsp3) is 1.00. The van der Waals surface area contributed by atoms with Gasteiger partial charge in [-0.05, 0) is 13.3 Å². The Morgan fingerprint density at radius 2 is 2.12 bits per heavy atom. The van der Waals surface area contributed by atoms with Crippen LogP contribution in [0, 0.1) is 0 Å². The average Bonchev–Trinajstić information content (AvgIpc) is 1.67. The van der Waals surface area contributed by atoms with E-state index in [0.29, 0.717) is 6.61 Å². The van der Waals surface area contributed by atoms with E-state index in [4.69, 9.17) is 4.74 Å². The summed E-state index contributed by atoms with van der Waals surface area (Å²) in [6.45, 7) is 4.11. The highest BCUT2D eigenvalue weighted by molar-refractivity contribution is 4.67.